The third-order valence-electron chi connectivity index (χ3n) is 6.41. The summed E-state index contributed by atoms with van der Waals surface area (Å²) in [6, 6.07) is -2.08. The minimum atomic E-state index is -1.14. The maximum absolute atomic E-state index is 12.7. The van der Waals surface area contributed by atoms with E-state index in [2.05, 4.69) is 76.1 Å². The van der Waals surface area contributed by atoms with Crippen LogP contribution in [0.1, 0.15) is 83.2 Å². The number of rotatable bonds is 24. The molecule has 0 bridgehead atoms. The van der Waals surface area contributed by atoms with Gasteiger partial charge in [0.05, 0.1) is 12.4 Å². The van der Waals surface area contributed by atoms with Crippen LogP contribution in [0.4, 0.5) is 0 Å². The Morgan fingerprint density at radius 2 is 1.50 bits per heavy atom. The van der Waals surface area contributed by atoms with E-state index in [0.717, 1.165) is 32.1 Å². The van der Waals surface area contributed by atoms with E-state index in [1.807, 2.05) is 12.2 Å². The number of primary amides is 1. The van der Waals surface area contributed by atoms with E-state index >= 15 is 0 Å². The molecular formula is C34H50N6O6. The second-order valence-electron chi connectivity index (χ2n) is 10.4. The standard InChI is InChI=1S/C34H50N6O6/c1-2-3-4-5-6-7-8-9-10-11-12-13-14-15-16-17-18-19-32(43)46-34(45)29(24-27-25-37-26-39-27)40-31(42)22-23-38-33(44)28(35)20-21-30(36)41/h3-4,6-7,9-10,12-13,15-16,25-26,28-29H,2,5,8,11,14,17-24,35H2,1H3,(H2,36,41)(H,37,39)(H,38,44)(H,40,42)/b4-3-,7-6-,10-9-,13-12-,16-15-/t28?,29-/m0/s1. The average molecular weight is 639 g/mol. The maximum atomic E-state index is 12.7. The predicted octanol–water partition coefficient (Wildman–Crippen LogP) is 3.53. The molecule has 1 unspecified atom stereocenters. The van der Waals surface area contributed by atoms with Gasteiger partial charge < -0.3 is 31.8 Å². The van der Waals surface area contributed by atoms with Crippen LogP contribution < -0.4 is 22.1 Å². The van der Waals surface area contributed by atoms with Gasteiger partial charge in [-0.1, -0.05) is 67.7 Å². The number of unbranched alkanes of at least 4 members (excludes halogenated alkanes) is 1. The second kappa shape index (κ2) is 25.7. The van der Waals surface area contributed by atoms with E-state index in [-0.39, 0.29) is 38.6 Å². The molecule has 0 aliphatic rings. The summed E-state index contributed by atoms with van der Waals surface area (Å²) in [5, 5.41) is 5.05. The molecule has 12 heteroatoms. The smallest absolute Gasteiger partial charge is 0.336 e. The molecule has 2 atom stereocenters. The number of aromatic amines is 1. The Kier molecular flexibility index (Phi) is 22.1. The fourth-order valence-electron chi connectivity index (χ4n) is 3.90. The predicted molar refractivity (Wildman–Crippen MR) is 178 cm³/mol. The number of imidazole rings is 1. The Morgan fingerprint density at radius 1 is 0.891 bits per heavy atom. The summed E-state index contributed by atoms with van der Waals surface area (Å²) in [6.07, 6.45) is 29.9. The molecule has 12 nitrogen and oxygen atoms in total. The molecule has 0 aliphatic heterocycles. The van der Waals surface area contributed by atoms with E-state index in [1.54, 1.807) is 0 Å². The summed E-state index contributed by atoms with van der Waals surface area (Å²) in [7, 11) is 0. The number of carbonyl (C=O) groups excluding carboxylic acids is 5. The van der Waals surface area contributed by atoms with E-state index in [1.165, 1.54) is 12.5 Å². The highest BCUT2D eigenvalue weighted by molar-refractivity contribution is 5.91. The second-order valence-corrected chi connectivity index (χ2v) is 10.4. The molecule has 0 fully saturated rings. The SMILES string of the molecule is CC/C=C\C/C=C\C/C=C\C/C=C\C/C=C\CCCC(=O)OC(=O)[C@H](Cc1cnc[nH]1)NC(=O)CCNC(=O)C(N)CCC(N)=O. The first-order valence-corrected chi connectivity index (χ1v) is 15.8. The molecule has 252 valence electrons. The van der Waals surface area contributed by atoms with Crippen molar-refractivity contribution in [3.8, 4) is 0 Å². The number of nitrogens with one attached hydrogen (secondary N) is 3. The first-order valence-electron chi connectivity index (χ1n) is 15.8. The molecule has 0 aliphatic carbocycles. The van der Waals surface area contributed by atoms with Crippen LogP contribution >= 0.6 is 0 Å². The van der Waals surface area contributed by atoms with Crippen LogP contribution in [0.15, 0.2) is 73.3 Å². The Balaban J connectivity index is 2.35. The summed E-state index contributed by atoms with van der Waals surface area (Å²) < 4.78 is 5.01. The lowest BCUT2D eigenvalue weighted by Crippen LogP contribution is -2.46. The van der Waals surface area contributed by atoms with Crippen molar-refractivity contribution in [2.24, 2.45) is 11.5 Å². The number of nitrogens with two attached hydrogens (primary N) is 2. The number of hydrogen-bond donors (Lipinski definition) is 5. The fraction of sp³-hybridized carbons (Fsp3) is 0.471. The van der Waals surface area contributed by atoms with E-state index < -0.39 is 41.7 Å². The van der Waals surface area contributed by atoms with Crippen LogP contribution in [-0.4, -0.2) is 58.3 Å². The lowest BCUT2D eigenvalue weighted by Gasteiger charge is -2.17. The highest BCUT2D eigenvalue weighted by Crippen LogP contribution is 2.06. The zero-order valence-electron chi connectivity index (χ0n) is 26.8. The zero-order chi connectivity index (χ0) is 33.8. The molecule has 1 heterocycles. The first kappa shape index (κ1) is 39.4. The van der Waals surface area contributed by atoms with Crippen LogP contribution in [0.2, 0.25) is 0 Å². The monoisotopic (exact) mass is 638 g/mol. The number of H-pyrrole nitrogens is 1. The lowest BCUT2D eigenvalue weighted by molar-refractivity contribution is -0.162. The van der Waals surface area contributed by atoms with E-state index in [9.17, 15) is 24.0 Å². The zero-order valence-corrected chi connectivity index (χ0v) is 26.8. The Morgan fingerprint density at radius 3 is 2.07 bits per heavy atom. The topological polar surface area (TPSA) is 199 Å². The summed E-state index contributed by atoms with van der Waals surface area (Å²) in [4.78, 5) is 67.1. The minimum Gasteiger partial charge on any atom is -0.392 e. The van der Waals surface area contributed by atoms with E-state index in [4.69, 9.17) is 16.2 Å². The van der Waals surface area contributed by atoms with Crippen molar-refractivity contribution in [2.75, 3.05) is 6.54 Å². The lowest BCUT2D eigenvalue weighted by atomic mass is 10.1. The number of carbonyl (C=O) groups is 5. The van der Waals surface area contributed by atoms with Crippen molar-refractivity contribution >= 4 is 29.7 Å². The van der Waals surface area contributed by atoms with Crippen LogP contribution in [0, 0.1) is 0 Å². The Bertz CT molecular complexity index is 1200. The molecule has 7 N–H and O–H groups in total. The quantitative estimate of drug-likeness (QED) is 0.0490. The number of amides is 3. The summed E-state index contributed by atoms with van der Waals surface area (Å²) in [5.74, 6) is -3.21. The highest BCUT2D eigenvalue weighted by atomic mass is 16.6. The van der Waals surface area contributed by atoms with Gasteiger partial charge in [0.15, 0.2) is 0 Å². The molecule has 0 saturated heterocycles. The molecule has 0 spiro atoms. The molecule has 0 aromatic carbocycles. The molecule has 46 heavy (non-hydrogen) atoms. The van der Waals surface area contributed by atoms with Gasteiger partial charge in [-0.25, -0.2) is 9.78 Å². The van der Waals surface area contributed by atoms with Gasteiger partial charge in [0.2, 0.25) is 17.7 Å². The van der Waals surface area contributed by atoms with Crippen molar-refractivity contribution < 1.29 is 28.7 Å². The number of ether oxygens (including phenoxy) is 1. The largest absolute Gasteiger partial charge is 0.392 e. The van der Waals surface area contributed by atoms with Gasteiger partial charge in [-0.3, -0.25) is 19.2 Å². The molecule has 1 aromatic rings. The summed E-state index contributed by atoms with van der Waals surface area (Å²) >= 11 is 0. The molecule has 1 rings (SSSR count). The van der Waals surface area contributed by atoms with Gasteiger partial charge in [-0.15, -0.1) is 0 Å². The number of aromatic nitrogens is 2. The van der Waals surface area contributed by atoms with Crippen LogP contribution in [0.25, 0.3) is 0 Å². The van der Waals surface area contributed by atoms with Crippen molar-refractivity contribution in [2.45, 2.75) is 96.1 Å². The summed E-state index contributed by atoms with van der Waals surface area (Å²) in [5.41, 5.74) is 11.3. The Labute approximate surface area is 271 Å². The first-order chi connectivity index (χ1) is 22.2. The molecule has 0 saturated carbocycles. The summed E-state index contributed by atoms with van der Waals surface area (Å²) in [6.45, 7) is 2.08. The van der Waals surface area contributed by atoms with Crippen molar-refractivity contribution in [3.63, 3.8) is 0 Å². The van der Waals surface area contributed by atoms with Crippen molar-refractivity contribution in [1.82, 2.24) is 20.6 Å². The highest BCUT2D eigenvalue weighted by Gasteiger charge is 2.25. The number of nitrogens with zero attached hydrogens (tertiary/aromatic N) is 1. The van der Waals surface area contributed by atoms with Crippen molar-refractivity contribution in [1.29, 1.82) is 0 Å². The van der Waals surface area contributed by atoms with Crippen LogP contribution in [0.5, 0.6) is 0 Å². The number of hydrogen-bond acceptors (Lipinski definition) is 8. The van der Waals surface area contributed by atoms with Gasteiger partial charge in [0, 0.05) is 44.1 Å². The van der Waals surface area contributed by atoms with Crippen LogP contribution in [-0.2, 0) is 35.1 Å². The van der Waals surface area contributed by atoms with Gasteiger partial charge in [-0.05, 0) is 51.4 Å². The average Bonchev–Trinajstić information content (AvgIpc) is 3.54. The third-order valence-corrected chi connectivity index (χ3v) is 6.41. The molecular weight excluding hydrogens is 588 g/mol. The number of esters is 2. The van der Waals surface area contributed by atoms with Gasteiger partial charge in [0.25, 0.3) is 0 Å². The van der Waals surface area contributed by atoms with Gasteiger partial charge in [-0.2, -0.15) is 0 Å². The van der Waals surface area contributed by atoms with E-state index in [0.29, 0.717) is 18.5 Å². The maximum Gasteiger partial charge on any atom is 0.336 e. The minimum absolute atomic E-state index is 0.0300. The molecule has 3 amide bonds. The van der Waals surface area contributed by atoms with Gasteiger partial charge >= 0.3 is 11.9 Å². The molecule has 1 aromatic heterocycles. The Hall–Kier alpha value is -4.58. The molecule has 0 radical (unpaired) electrons. The van der Waals surface area contributed by atoms with Crippen LogP contribution in [0.3, 0.4) is 0 Å². The van der Waals surface area contributed by atoms with Gasteiger partial charge in [0.1, 0.15) is 6.04 Å². The van der Waals surface area contributed by atoms with Crippen molar-refractivity contribution in [3.05, 3.63) is 79.0 Å². The third kappa shape index (κ3) is 21.2. The number of allylic oxidation sites excluding steroid dienone is 10. The normalized spacial score (nSPS) is 13.2. The fourth-order valence-corrected chi connectivity index (χ4v) is 3.90.